The maximum absolute atomic E-state index is 14.1. The number of esters is 4. The maximum atomic E-state index is 14.1. The highest BCUT2D eigenvalue weighted by Crippen LogP contribution is 2.66. The van der Waals surface area contributed by atoms with Crippen LogP contribution in [-0.4, -0.2) is 74.8 Å². The third kappa shape index (κ3) is 30.7. The summed E-state index contributed by atoms with van der Waals surface area (Å²) in [6.45, 7) is 30.2. The highest BCUT2D eigenvalue weighted by Gasteiger charge is 2.61. The molecule has 0 aromatic carbocycles. The standard InChI is InChI=1S/C62H115NO8.C3H8/c1-11-19-25-32-52(33-26-20-12-2)40-56(65)69-49-60(10)45-61(50-70-57(66)41-53(34-27-21-13-3)35-28-22-14-4)43-59(9,48-68-55(64)38-31-39-63(17-7)18-8)44-62(46-60,47-61)51-71-58(67)42-54(36-29-23-15-5)37-30-24-16-6;1-3-2/h52-54H,11-51H2,1-10H3;3H2,1-2H3. The van der Waals surface area contributed by atoms with Crippen molar-refractivity contribution in [2.75, 3.05) is 46.1 Å². The van der Waals surface area contributed by atoms with Crippen molar-refractivity contribution in [1.29, 1.82) is 0 Å². The molecule has 0 radical (unpaired) electrons. The zero-order valence-electron chi connectivity index (χ0n) is 51.1. The van der Waals surface area contributed by atoms with Crippen molar-refractivity contribution in [1.82, 2.24) is 4.90 Å². The van der Waals surface area contributed by atoms with Gasteiger partial charge in [0.15, 0.2) is 0 Å². The molecule has 0 amide bonds. The molecule has 0 aromatic heterocycles. The van der Waals surface area contributed by atoms with Gasteiger partial charge in [-0.1, -0.05) is 205 Å². The zero-order chi connectivity index (χ0) is 55.1. The quantitative estimate of drug-likeness (QED) is 0.0335. The van der Waals surface area contributed by atoms with E-state index < -0.39 is 21.7 Å². The second-order valence-electron chi connectivity index (χ2n) is 25.2. The summed E-state index contributed by atoms with van der Waals surface area (Å²) < 4.78 is 25.7. The third-order valence-electron chi connectivity index (χ3n) is 16.6. The van der Waals surface area contributed by atoms with Gasteiger partial charge in [0.1, 0.15) is 0 Å². The normalized spacial score (nSPS) is 21.5. The Morgan fingerprint density at radius 3 is 0.919 bits per heavy atom. The number of carbonyl (C=O) groups excluding carboxylic acids is 4. The SMILES string of the molecule is CCC.CCCCCC(CCCCC)CC(=O)OCC1(C)CC2(COC(=O)CC(CCCCC)CCCCC)CC(C)(COC(=O)CCCN(CC)CC)CC(COC(=O)CC(CCCCC)CCCCC)(C1)C2. The number of hydrogen-bond donors (Lipinski definition) is 0. The fourth-order valence-corrected chi connectivity index (χ4v) is 13.5. The maximum Gasteiger partial charge on any atom is 0.306 e. The number of ether oxygens (including phenoxy) is 4. The van der Waals surface area contributed by atoms with Crippen LogP contribution in [0, 0.1) is 39.4 Å². The number of hydrogen-bond acceptors (Lipinski definition) is 9. The Bertz CT molecular complexity index is 1350. The van der Waals surface area contributed by atoms with E-state index in [1.807, 2.05) is 0 Å². The van der Waals surface area contributed by atoms with Crippen molar-refractivity contribution >= 4 is 23.9 Å². The molecule has 2 rings (SSSR count). The van der Waals surface area contributed by atoms with Crippen LogP contribution in [0.25, 0.3) is 0 Å². The van der Waals surface area contributed by atoms with E-state index in [2.05, 4.69) is 88.0 Å². The molecule has 9 nitrogen and oxygen atoms in total. The van der Waals surface area contributed by atoms with Crippen LogP contribution in [0.3, 0.4) is 0 Å². The second kappa shape index (κ2) is 41.0. The molecule has 74 heavy (non-hydrogen) atoms. The van der Waals surface area contributed by atoms with Crippen LogP contribution in [0.2, 0.25) is 0 Å². The molecular weight excluding hydrogens is 923 g/mol. The molecule has 2 aliphatic rings. The molecule has 0 aliphatic heterocycles. The van der Waals surface area contributed by atoms with Gasteiger partial charge >= 0.3 is 23.9 Å². The summed E-state index contributed by atoms with van der Waals surface area (Å²) in [5.41, 5.74) is -1.87. The first-order valence-corrected chi connectivity index (χ1v) is 31.8. The van der Waals surface area contributed by atoms with Gasteiger partial charge < -0.3 is 23.8 Å². The third-order valence-corrected chi connectivity index (χ3v) is 16.6. The lowest BCUT2D eigenvalue weighted by Crippen LogP contribution is -2.58. The number of unbranched alkanes of at least 4 members (excludes halogenated alkanes) is 12. The number of fused-ring (bicyclic) bond motifs is 2. The van der Waals surface area contributed by atoms with Crippen LogP contribution in [0.4, 0.5) is 0 Å². The predicted molar refractivity (Wildman–Crippen MR) is 310 cm³/mol. The topological polar surface area (TPSA) is 108 Å². The van der Waals surface area contributed by atoms with Gasteiger partial charge in [-0.2, -0.15) is 0 Å². The van der Waals surface area contributed by atoms with Crippen LogP contribution in [-0.2, 0) is 38.1 Å². The summed E-state index contributed by atoms with van der Waals surface area (Å²) in [4.78, 5) is 57.9. The van der Waals surface area contributed by atoms with Crippen molar-refractivity contribution in [3.63, 3.8) is 0 Å². The van der Waals surface area contributed by atoms with Crippen molar-refractivity contribution in [2.45, 2.75) is 308 Å². The molecular formula is C65H123NO8. The van der Waals surface area contributed by atoms with E-state index in [-0.39, 0.29) is 50.3 Å². The van der Waals surface area contributed by atoms with Gasteiger partial charge in [-0.25, -0.2) is 0 Å². The summed E-state index contributed by atoms with van der Waals surface area (Å²) in [6, 6.07) is 0. The van der Waals surface area contributed by atoms with Gasteiger partial charge in [-0.3, -0.25) is 19.2 Å². The van der Waals surface area contributed by atoms with Crippen LogP contribution in [0.15, 0.2) is 0 Å². The minimum absolute atomic E-state index is 0.118. The Morgan fingerprint density at radius 1 is 0.378 bits per heavy atom. The van der Waals surface area contributed by atoms with Crippen molar-refractivity contribution in [3.8, 4) is 0 Å². The second-order valence-corrected chi connectivity index (χ2v) is 25.2. The van der Waals surface area contributed by atoms with Crippen molar-refractivity contribution in [3.05, 3.63) is 0 Å². The highest BCUT2D eigenvalue weighted by atomic mass is 16.5. The van der Waals surface area contributed by atoms with E-state index in [1.165, 1.54) is 44.9 Å². The van der Waals surface area contributed by atoms with Crippen LogP contribution >= 0.6 is 0 Å². The number of nitrogens with zero attached hydrogens (tertiary/aromatic N) is 1. The molecule has 0 N–H and O–H groups in total. The van der Waals surface area contributed by atoms with E-state index in [4.69, 9.17) is 18.9 Å². The molecule has 436 valence electrons. The van der Waals surface area contributed by atoms with Gasteiger partial charge in [0.05, 0.1) is 26.4 Å². The lowest BCUT2D eigenvalue weighted by molar-refractivity contribution is -0.196. The summed E-state index contributed by atoms with van der Waals surface area (Å²) in [5, 5.41) is 0. The average molecular weight is 1050 g/mol. The Balaban J connectivity index is 0.00000889. The monoisotopic (exact) mass is 1050 g/mol. The molecule has 0 spiro atoms. The van der Waals surface area contributed by atoms with Crippen molar-refractivity contribution < 1.29 is 38.1 Å². The molecule has 9 heteroatoms. The van der Waals surface area contributed by atoms with Gasteiger partial charge in [-0.05, 0) is 114 Å². The van der Waals surface area contributed by atoms with Crippen LogP contribution in [0.1, 0.15) is 308 Å². The summed E-state index contributed by atoms with van der Waals surface area (Å²) in [6.07, 6.45) is 34.3. The van der Waals surface area contributed by atoms with E-state index >= 15 is 0 Å². The fourth-order valence-electron chi connectivity index (χ4n) is 13.5. The van der Waals surface area contributed by atoms with E-state index in [0.717, 1.165) is 148 Å². The molecule has 2 aliphatic carbocycles. The summed E-state index contributed by atoms with van der Waals surface area (Å²) in [5.74, 6) is 0.398. The van der Waals surface area contributed by atoms with Gasteiger partial charge in [0.25, 0.3) is 0 Å². The minimum Gasteiger partial charge on any atom is -0.465 e. The lowest BCUT2D eigenvalue weighted by Gasteiger charge is -2.62. The number of carbonyl (C=O) groups is 4. The predicted octanol–water partition coefficient (Wildman–Crippen LogP) is 18.2. The molecule has 2 bridgehead atoms. The van der Waals surface area contributed by atoms with E-state index in [9.17, 15) is 19.2 Å². The van der Waals surface area contributed by atoms with E-state index in [1.54, 1.807) is 0 Å². The first-order chi connectivity index (χ1) is 35.5. The first-order valence-electron chi connectivity index (χ1n) is 31.8. The molecule has 0 aromatic rings. The van der Waals surface area contributed by atoms with Crippen LogP contribution < -0.4 is 0 Å². The van der Waals surface area contributed by atoms with Crippen LogP contribution in [0.5, 0.6) is 0 Å². The number of rotatable bonds is 44. The summed E-state index contributed by atoms with van der Waals surface area (Å²) in [7, 11) is 0. The fraction of sp³-hybridized carbons (Fsp3) is 0.938. The Morgan fingerprint density at radius 2 is 0.649 bits per heavy atom. The van der Waals surface area contributed by atoms with Gasteiger partial charge in [-0.15, -0.1) is 0 Å². The zero-order valence-corrected chi connectivity index (χ0v) is 51.1. The van der Waals surface area contributed by atoms with Gasteiger partial charge in [0.2, 0.25) is 0 Å². The Hall–Kier alpha value is -2.16. The largest absolute Gasteiger partial charge is 0.465 e. The summed E-state index contributed by atoms with van der Waals surface area (Å²) >= 11 is 0. The van der Waals surface area contributed by atoms with Crippen molar-refractivity contribution in [2.24, 2.45) is 39.4 Å². The Labute approximate surface area is 458 Å². The molecule has 0 saturated heterocycles. The smallest absolute Gasteiger partial charge is 0.306 e. The molecule has 2 unspecified atom stereocenters. The first kappa shape index (κ1) is 69.9. The average Bonchev–Trinajstić information content (AvgIpc) is 3.35. The Kier molecular flexibility index (Phi) is 38.7. The minimum atomic E-state index is -0.491. The lowest BCUT2D eigenvalue weighted by atomic mass is 9.44. The van der Waals surface area contributed by atoms with Gasteiger partial charge in [0, 0.05) is 47.3 Å². The molecule has 2 fully saturated rings. The highest BCUT2D eigenvalue weighted by molar-refractivity contribution is 5.71. The molecule has 2 atom stereocenters. The molecule has 2 saturated carbocycles. The molecule has 0 heterocycles. The van der Waals surface area contributed by atoms with E-state index in [0.29, 0.717) is 69.1 Å².